The standard InChI is InChI=1S/C7H6O6S.C5H7N3.H2O/c8-6-2-1-4(14(11,12)13)3-5(6)7(9)10;6-4-2-1-3-8-5(4)7;/h1-3,8H,(H,9,10)(H,11,12,13);1-3H,6H2,(H2,7,8);1H2. The fourth-order valence-corrected chi connectivity index (χ4v) is 1.80. The smallest absolute Gasteiger partial charge is 0.339 e. The first-order valence-electron chi connectivity index (χ1n) is 5.66. The van der Waals surface area contributed by atoms with Gasteiger partial charge in [0.25, 0.3) is 5.82 Å². The van der Waals surface area contributed by atoms with Gasteiger partial charge in [0.2, 0.25) is 0 Å². The number of benzene rings is 1. The van der Waals surface area contributed by atoms with Crippen molar-refractivity contribution in [2.24, 2.45) is 0 Å². The predicted molar refractivity (Wildman–Crippen MR) is 78.5 cm³/mol. The summed E-state index contributed by atoms with van der Waals surface area (Å²) < 4.78 is 31.5. The van der Waals surface area contributed by atoms with Gasteiger partial charge in [-0.3, -0.25) is 5.73 Å². The number of hydrogen-bond donors (Lipinski definition) is 4. The first kappa shape index (κ1) is 20.1. The van der Waals surface area contributed by atoms with E-state index in [-0.39, 0.29) is 5.48 Å². The van der Waals surface area contributed by atoms with Gasteiger partial charge in [-0.15, -0.1) is 0 Å². The predicted octanol–water partition coefficient (Wildman–Crippen LogP) is -1.17. The zero-order valence-corrected chi connectivity index (χ0v) is 12.4. The largest absolute Gasteiger partial charge is 0.744 e. The molecule has 2 rings (SSSR count). The van der Waals surface area contributed by atoms with Gasteiger partial charge in [0.15, 0.2) is 0 Å². The van der Waals surface area contributed by atoms with Crippen molar-refractivity contribution >= 4 is 27.6 Å². The first-order chi connectivity index (χ1) is 10.1. The molecule has 0 bridgehead atoms. The Bertz CT molecular complexity index is 772. The van der Waals surface area contributed by atoms with Crippen molar-refractivity contribution in [3.63, 3.8) is 0 Å². The van der Waals surface area contributed by atoms with Crippen LogP contribution in [0, 0.1) is 0 Å². The van der Waals surface area contributed by atoms with Crippen LogP contribution >= 0.6 is 0 Å². The molecule has 9 N–H and O–H groups in total. The second kappa shape index (κ2) is 7.93. The van der Waals surface area contributed by atoms with Crippen LogP contribution < -0.4 is 16.5 Å². The molecule has 1 heterocycles. The molecule has 0 saturated carbocycles. The van der Waals surface area contributed by atoms with E-state index in [0.717, 1.165) is 12.1 Å². The lowest BCUT2D eigenvalue weighted by Crippen LogP contribution is -2.11. The van der Waals surface area contributed by atoms with Gasteiger partial charge in [-0.1, -0.05) is 0 Å². The van der Waals surface area contributed by atoms with Gasteiger partial charge in [0, 0.05) is 0 Å². The average molecular weight is 345 g/mol. The molecule has 23 heavy (non-hydrogen) atoms. The number of carboxylic acid groups (broad SMARTS) is 1. The van der Waals surface area contributed by atoms with E-state index in [9.17, 15) is 17.8 Å². The molecule has 0 aliphatic heterocycles. The monoisotopic (exact) mass is 345 g/mol. The zero-order chi connectivity index (χ0) is 16.9. The number of anilines is 2. The maximum Gasteiger partial charge on any atom is 0.339 e. The number of aromatic amines is 1. The molecule has 0 aliphatic carbocycles. The molecule has 0 aliphatic rings. The highest BCUT2D eigenvalue weighted by molar-refractivity contribution is 7.85. The molecule has 1 aromatic heterocycles. The van der Waals surface area contributed by atoms with Crippen LogP contribution in [0.2, 0.25) is 0 Å². The maximum absolute atomic E-state index is 10.5. The number of H-pyrrole nitrogens is 1. The molecular formula is C12H15N3O7S. The molecule has 10 nitrogen and oxygen atoms in total. The van der Waals surface area contributed by atoms with Gasteiger partial charge in [-0.05, 0) is 30.3 Å². The SMILES string of the molecule is Nc1ccc[nH+]c1N.O.O=C(O)c1cc(S(=O)(=O)[O-])ccc1O. The van der Waals surface area contributed by atoms with Gasteiger partial charge in [0.1, 0.15) is 27.1 Å². The molecule has 0 radical (unpaired) electrons. The van der Waals surface area contributed by atoms with Crippen LogP contribution in [0.3, 0.4) is 0 Å². The molecule has 0 unspecified atom stereocenters. The van der Waals surface area contributed by atoms with Crippen LogP contribution in [-0.2, 0) is 10.1 Å². The Kier molecular flexibility index (Phi) is 6.94. The molecule has 11 heteroatoms. The summed E-state index contributed by atoms with van der Waals surface area (Å²) in [5.74, 6) is -1.58. The van der Waals surface area contributed by atoms with E-state index in [1.807, 2.05) is 0 Å². The number of hydrogen-bond acceptors (Lipinski definition) is 7. The van der Waals surface area contributed by atoms with Gasteiger partial charge >= 0.3 is 5.97 Å². The highest BCUT2D eigenvalue weighted by Gasteiger charge is 2.12. The molecule has 1 aromatic carbocycles. The lowest BCUT2D eigenvalue weighted by Gasteiger charge is -2.08. The Hall–Kier alpha value is -2.89. The highest BCUT2D eigenvalue weighted by atomic mass is 32.2. The third-order valence-corrected chi connectivity index (χ3v) is 3.24. The number of nitrogen functional groups attached to an aromatic ring is 2. The summed E-state index contributed by atoms with van der Waals surface area (Å²) in [6, 6.07) is 5.83. The Morgan fingerprint density at radius 1 is 1.22 bits per heavy atom. The minimum atomic E-state index is -4.70. The van der Waals surface area contributed by atoms with E-state index in [2.05, 4.69) is 4.98 Å². The Morgan fingerprint density at radius 3 is 2.22 bits per heavy atom. The highest BCUT2D eigenvalue weighted by Crippen LogP contribution is 2.20. The Morgan fingerprint density at radius 2 is 1.83 bits per heavy atom. The molecule has 126 valence electrons. The second-order valence-corrected chi connectivity index (χ2v) is 5.36. The number of rotatable bonds is 2. The van der Waals surface area contributed by atoms with Crippen molar-refractivity contribution in [1.82, 2.24) is 0 Å². The van der Waals surface area contributed by atoms with E-state index >= 15 is 0 Å². The average Bonchev–Trinajstić information content (AvgIpc) is 2.42. The number of carbonyl (C=O) groups is 1. The number of nitrogens with one attached hydrogen (secondary N) is 1. The summed E-state index contributed by atoms with van der Waals surface area (Å²) in [5, 5.41) is 17.5. The van der Waals surface area contributed by atoms with E-state index in [1.54, 1.807) is 18.3 Å². The molecule has 2 aromatic rings. The number of aromatic carboxylic acids is 1. The van der Waals surface area contributed by atoms with Crippen LogP contribution in [0.25, 0.3) is 0 Å². The van der Waals surface area contributed by atoms with Crippen molar-refractivity contribution in [1.29, 1.82) is 0 Å². The Labute approximate surface area is 131 Å². The van der Waals surface area contributed by atoms with Gasteiger partial charge in [0.05, 0.1) is 11.1 Å². The molecule has 0 atom stereocenters. The summed E-state index contributed by atoms with van der Waals surface area (Å²) >= 11 is 0. The van der Waals surface area contributed by atoms with Crippen molar-refractivity contribution in [2.45, 2.75) is 4.90 Å². The van der Waals surface area contributed by atoms with Crippen LogP contribution in [-0.4, -0.2) is 34.6 Å². The summed E-state index contributed by atoms with van der Waals surface area (Å²) in [6.45, 7) is 0. The number of phenols is 1. The van der Waals surface area contributed by atoms with Crippen LogP contribution in [0.15, 0.2) is 41.4 Å². The molecule has 0 spiro atoms. The number of pyridine rings is 1. The molecular weight excluding hydrogens is 330 g/mol. The third-order valence-electron chi connectivity index (χ3n) is 2.41. The molecule has 0 saturated heterocycles. The van der Waals surface area contributed by atoms with Crippen LogP contribution in [0.1, 0.15) is 10.4 Å². The van der Waals surface area contributed by atoms with E-state index < -0.39 is 32.3 Å². The fraction of sp³-hybridized carbons (Fsp3) is 0. The third kappa shape index (κ3) is 5.78. The van der Waals surface area contributed by atoms with E-state index in [4.69, 9.17) is 21.7 Å². The van der Waals surface area contributed by atoms with Crippen LogP contribution in [0.4, 0.5) is 11.5 Å². The lowest BCUT2D eigenvalue weighted by atomic mass is 10.2. The van der Waals surface area contributed by atoms with Crippen LogP contribution in [0.5, 0.6) is 5.75 Å². The number of aromatic hydroxyl groups is 1. The second-order valence-electron chi connectivity index (χ2n) is 3.98. The minimum absolute atomic E-state index is 0. The maximum atomic E-state index is 10.5. The summed E-state index contributed by atoms with van der Waals surface area (Å²) in [4.78, 5) is 12.5. The lowest BCUT2D eigenvalue weighted by molar-refractivity contribution is -0.359. The summed E-state index contributed by atoms with van der Waals surface area (Å²) in [6.07, 6.45) is 1.73. The van der Waals surface area contributed by atoms with Crippen molar-refractivity contribution in [3.05, 3.63) is 42.1 Å². The van der Waals surface area contributed by atoms with Gasteiger partial charge in [-0.25, -0.2) is 18.2 Å². The summed E-state index contributed by atoms with van der Waals surface area (Å²) in [5.41, 5.74) is 10.7. The topological polar surface area (TPSA) is 212 Å². The quantitative estimate of drug-likeness (QED) is 0.485. The van der Waals surface area contributed by atoms with Crippen molar-refractivity contribution in [3.8, 4) is 5.75 Å². The van der Waals surface area contributed by atoms with E-state index in [1.165, 1.54) is 0 Å². The number of carboxylic acids is 1. The zero-order valence-electron chi connectivity index (χ0n) is 11.6. The molecule has 0 fully saturated rings. The fourth-order valence-electron chi connectivity index (χ4n) is 1.30. The normalized spacial score (nSPS) is 9.96. The first-order valence-corrected chi connectivity index (χ1v) is 7.07. The van der Waals surface area contributed by atoms with Gasteiger partial charge < -0.3 is 26.0 Å². The van der Waals surface area contributed by atoms with Crippen molar-refractivity contribution < 1.29 is 38.4 Å². The minimum Gasteiger partial charge on any atom is -0.744 e. The summed E-state index contributed by atoms with van der Waals surface area (Å²) in [7, 11) is -4.70. The number of aromatic nitrogens is 1. The Balaban J connectivity index is 0.000000460. The van der Waals surface area contributed by atoms with Crippen molar-refractivity contribution in [2.75, 3.05) is 11.5 Å². The molecule has 0 amide bonds. The number of nitrogens with two attached hydrogens (primary N) is 2. The van der Waals surface area contributed by atoms with Gasteiger partial charge in [-0.2, -0.15) is 0 Å². The van der Waals surface area contributed by atoms with E-state index in [0.29, 0.717) is 17.6 Å².